The monoisotopic (exact) mass is 236 g/mol. The molecule has 0 aliphatic heterocycles. The van der Waals surface area contributed by atoms with Crippen LogP contribution in [0.5, 0.6) is 0 Å². The lowest BCUT2D eigenvalue weighted by Gasteiger charge is -2.08. The minimum absolute atomic E-state index is 0.525. The number of nitrogens with zero attached hydrogens (tertiary/aromatic N) is 2. The van der Waals surface area contributed by atoms with Gasteiger partial charge < -0.3 is 12.6 Å². The van der Waals surface area contributed by atoms with E-state index in [0.717, 1.165) is 11.3 Å². The fourth-order valence-corrected chi connectivity index (χ4v) is 2.11. The summed E-state index contributed by atoms with van der Waals surface area (Å²) in [6.07, 6.45) is 3.72. The highest BCUT2D eigenvalue weighted by Crippen LogP contribution is 2.17. The number of hydrogen-bond donors (Lipinski definition) is 0. The summed E-state index contributed by atoms with van der Waals surface area (Å²) in [6.45, 7) is 4.03. The molecule has 1 aromatic rings. The van der Waals surface area contributed by atoms with Crippen LogP contribution in [-0.2, 0) is 12.6 Å². The lowest BCUT2D eigenvalue weighted by atomic mass is 10.3. The van der Waals surface area contributed by atoms with Gasteiger partial charge in [0.25, 0.3) is 5.70 Å². The molecule has 0 radical (unpaired) electrons. The summed E-state index contributed by atoms with van der Waals surface area (Å²) in [5, 5.41) is 9.04. The van der Waals surface area contributed by atoms with E-state index in [1.54, 1.807) is 4.57 Å². The summed E-state index contributed by atoms with van der Waals surface area (Å²) in [5.74, 6) is 0.885. The molecular formula is C11H12N2S2. The van der Waals surface area contributed by atoms with Gasteiger partial charge >= 0.3 is 0 Å². The van der Waals surface area contributed by atoms with Crippen LogP contribution in [0.25, 0.3) is 5.70 Å². The van der Waals surface area contributed by atoms with Crippen LogP contribution in [0.4, 0.5) is 0 Å². The Balaban J connectivity index is 3.09. The molecule has 78 valence electrons. The Bertz CT molecular complexity index is 402. The summed E-state index contributed by atoms with van der Waals surface area (Å²) in [4.78, 5) is 0. The molecule has 0 spiro atoms. The molecule has 1 heterocycles. The molecule has 0 aliphatic rings. The van der Waals surface area contributed by atoms with E-state index < -0.39 is 0 Å². The van der Waals surface area contributed by atoms with E-state index in [4.69, 9.17) is 17.9 Å². The minimum Gasteiger partial charge on any atom is -0.766 e. The van der Waals surface area contributed by atoms with Crippen molar-refractivity contribution in [3.63, 3.8) is 0 Å². The van der Waals surface area contributed by atoms with Gasteiger partial charge in [-0.2, -0.15) is 9.83 Å². The van der Waals surface area contributed by atoms with Crippen molar-refractivity contribution < 1.29 is 4.57 Å². The number of thioether (sulfide) groups is 1. The molecule has 2 nitrogen and oxygen atoms in total. The third kappa shape index (κ3) is 3.22. The molecule has 0 saturated heterocycles. The second kappa shape index (κ2) is 5.74. The lowest BCUT2D eigenvalue weighted by molar-refractivity contribution is -0.577. The zero-order chi connectivity index (χ0) is 11.3. The van der Waals surface area contributed by atoms with Gasteiger partial charge in [0, 0.05) is 12.1 Å². The van der Waals surface area contributed by atoms with Crippen molar-refractivity contribution in [2.75, 3.05) is 5.75 Å². The zero-order valence-corrected chi connectivity index (χ0v) is 10.4. The first-order valence-corrected chi connectivity index (χ1v) is 6.01. The van der Waals surface area contributed by atoms with Gasteiger partial charge in [-0.25, -0.2) is 0 Å². The van der Waals surface area contributed by atoms with Crippen LogP contribution >= 0.6 is 11.8 Å². The van der Waals surface area contributed by atoms with Crippen molar-refractivity contribution in [3.8, 4) is 6.07 Å². The summed E-state index contributed by atoms with van der Waals surface area (Å²) in [7, 11) is 0. The van der Waals surface area contributed by atoms with Crippen molar-refractivity contribution in [2.24, 2.45) is 0 Å². The first kappa shape index (κ1) is 12.0. The molecule has 0 N–H and O–H groups in total. The minimum atomic E-state index is 0.525. The predicted octanol–water partition coefficient (Wildman–Crippen LogP) is 2.23. The SMILES string of the molecule is CCSC([S-])=C(C#N)[n+]1ccc(C)cc1. The molecule has 0 aromatic carbocycles. The second-order valence-corrected chi connectivity index (χ2v) is 4.90. The molecule has 0 bridgehead atoms. The van der Waals surface area contributed by atoms with Crippen LogP contribution in [0.2, 0.25) is 0 Å². The fraction of sp³-hybridized carbons (Fsp3) is 0.273. The Kier molecular flexibility index (Phi) is 4.60. The van der Waals surface area contributed by atoms with E-state index in [9.17, 15) is 0 Å². The topological polar surface area (TPSA) is 27.7 Å². The first-order valence-electron chi connectivity index (χ1n) is 4.61. The van der Waals surface area contributed by atoms with E-state index in [-0.39, 0.29) is 0 Å². The highest BCUT2D eigenvalue weighted by molar-refractivity contribution is 8.11. The van der Waals surface area contributed by atoms with E-state index in [2.05, 4.69) is 6.07 Å². The van der Waals surface area contributed by atoms with Crippen LogP contribution in [-0.4, -0.2) is 5.75 Å². The van der Waals surface area contributed by atoms with Crippen molar-refractivity contribution in [2.45, 2.75) is 13.8 Å². The third-order valence-corrected chi connectivity index (χ3v) is 3.12. The Labute approximate surface area is 100 Å². The van der Waals surface area contributed by atoms with Gasteiger partial charge in [-0.05, 0) is 18.2 Å². The van der Waals surface area contributed by atoms with Gasteiger partial charge in [-0.1, -0.05) is 11.2 Å². The van der Waals surface area contributed by atoms with Crippen LogP contribution in [0, 0.1) is 18.3 Å². The van der Waals surface area contributed by atoms with Gasteiger partial charge in [0.15, 0.2) is 18.5 Å². The van der Waals surface area contributed by atoms with Gasteiger partial charge in [0.05, 0.1) is 0 Å². The van der Waals surface area contributed by atoms with Crippen molar-refractivity contribution in [3.05, 3.63) is 34.3 Å². The molecule has 0 atom stereocenters. The quantitative estimate of drug-likeness (QED) is 0.457. The van der Waals surface area contributed by atoms with E-state index in [1.165, 1.54) is 11.8 Å². The molecule has 0 unspecified atom stereocenters. The van der Waals surface area contributed by atoms with Gasteiger partial charge in [-0.3, -0.25) is 0 Å². The zero-order valence-electron chi connectivity index (χ0n) is 8.73. The molecule has 0 saturated carbocycles. The smallest absolute Gasteiger partial charge is 0.275 e. The molecule has 1 rings (SSSR count). The molecule has 0 fully saturated rings. The number of nitriles is 1. The maximum atomic E-state index is 9.04. The van der Waals surface area contributed by atoms with E-state index in [0.29, 0.717) is 9.93 Å². The Hall–Kier alpha value is -1.05. The average molecular weight is 236 g/mol. The van der Waals surface area contributed by atoms with Crippen LogP contribution in [0.1, 0.15) is 12.5 Å². The Morgan fingerprint density at radius 2 is 2.13 bits per heavy atom. The van der Waals surface area contributed by atoms with E-state index in [1.807, 2.05) is 38.4 Å². The summed E-state index contributed by atoms with van der Waals surface area (Å²) in [6, 6.07) is 6.05. The average Bonchev–Trinajstić information content (AvgIpc) is 2.22. The number of aromatic nitrogens is 1. The number of allylic oxidation sites excluding steroid dienone is 1. The second-order valence-electron chi connectivity index (χ2n) is 2.96. The van der Waals surface area contributed by atoms with Crippen LogP contribution in [0.15, 0.2) is 28.8 Å². The largest absolute Gasteiger partial charge is 0.766 e. The fourth-order valence-electron chi connectivity index (χ4n) is 1.06. The maximum absolute atomic E-state index is 9.04. The van der Waals surface area contributed by atoms with Gasteiger partial charge in [0.1, 0.15) is 0 Å². The van der Waals surface area contributed by atoms with Crippen molar-refractivity contribution in [1.29, 1.82) is 5.26 Å². The molecule has 4 heteroatoms. The third-order valence-electron chi connectivity index (χ3n) is 1.83. The Morgan fingerprint density at radius 1 is 1.53 bits per heavy atom. The Morgan fingerprint density at radius 3 is 2.60 bits per heavy atom. The standard InChI is InChI=1S/C11H12N2S2/c1-3-15-11(14)10(8-12)13-6-4-9(2)5-7-13/h4-7H,3H2,1-2H3. The van der Waals surface area contributed by atoms with Gasteiger partial charge in [-0.15, -0.1) is 11.8 Å². The lowest BCUT2D eigenvalue weighted by Crippen LogP contribution is -2.31. The predicted molar refractivity (Wildman–Crippen MR) is 65.7 cm³/mol. The maximum Gasteiger partial charge on any atom is 0.275 e. The van der Waals surface area contributed by atoms with Gasteiger partial charge in [0.2, 0.25) is 0 Å². The summed E-state index contributed by atoms with van der Waals surface area (Å²) < 4.78 is 2.41. The number of aryl methyl sites for hydroxylation is 1. The van der Waals surface area contributed by atoms with Crippen molar-refractivity contribution >= 4 is 30.1 Å². The summed E-state index contributed by atoms with van der Waals surface area (Å²) in [5.41, 5.74) is 1.69. The van der Waals surface area contributed by atoms with Crippen molar-refractivity contribution in [1.82, 2.24) is 0 Å². The number of hydrogen-bond acceptors (Lipinski definition) is 3. The van der Waals surface area contributed by atoms with E-state index >= 15 is 0 Å². The number of pyridine rings is 1. The molecule has 15 heavy (non-hydrogen) atoms. The highest BCUT2D eigenvalue weighted by atomic mass is 32.2. The van der Waals surface area contributed by atoms with Crippen LogP contribution < -0.4 is 4.57 Å². The normalized spacial score (nSPS) is 11.8. The number of rotatable bonds is 3. The summed E-state index contributed by atoms with van der Waals surface area (Å²) >= 11 is 6.69. The molecule has 0 aliphatic carbocycles. The molecule has 0 amide bonds. The molecular weight excluding hydrogens is 224 g/mol. The molecule has 1 aromatic heterocycles. The first-order chi connectivity index (χ1) is 7.19. The highest BCUT2D eigenvalue weighted by Gasteiger charge is 2.08. The van der Waals surface area contributed by atoms with Crippen LogP contribution in [0.3, 0.4) is 0 Å².